The summed E-state index contributed by atoms with van der Waals surface area (Å²) in [6, 6.07) is 5.02. The summed E-state index contributed by atoms with van der Waals surface area (Å²) in [5.74, 6) is -0.680. The lowest BCUT2D eigenvalue weighted by molar-refractivity contribution is -0.174. The fraction of sp³-hybridized carbons (Fsp3) is 0.364. The maximum atomic E-state index is 11.8. The first-order chi connectivity index (χ1) is 8.29. The van der Waals surface area contributed by atoms with E-state index in [0.717, 1.165) is 5.56 Å². The monoisotopic (exact) mass is 262 g/mol. The van der Waals surface area contributed by atoms with Gasteiger partial charge < -0.3 is 15.8 Å². The van der Waals surface area contributed by atoms with E-state index in [4.69, 9.17) is 5.73 Å². The SMILES string of the molecule is Cc1cccc(N)c1NC(=O)COCC(F)(F)F. The van der Waals surface area contributed by atoms with Gasteiger partial charge in [0.05, 0.1) is 11.4 Å². The standard InChI is InChI=1S/C11H13F3N2O2/c1-7-3-2-4-8(15)10(7)16-9(17)5-18-6-11(12,13)14/h2-4H,5-6,15H2,1H3,(H,16,17). The summed E-state index contributed by atoms with van der Waals surface area (Å²) in [6.07, 6.45) is -4.44. The molecule has 4 nitrogen and oxygen atoms in total. The summed E-state index contributed by atoms with van der Waals surface area (Å²) in [5, 5.41) is 2.41. The van der Waals surface area contributed by atoms with Gasteiger partial charge >= 0.3 is 6.18 Å². The van der Waals surface area contributed by atoms with Crippen LogP contribution in [0, 0.1) is 6.92 Å². The van der Waals surface area contributed by atoms with Gasteiger partial charge in [0.1, 0.15) is 13.2 Å². The molecular formula is C11H13F3N2O2. The van der Waals surface area contributed by atoms with Gasteiger partial charge in [0.2, 0.25) is 5.91 Å². The van der Waals surface area contributed by atoms with Crippen molar-refractivity contribution in [3.05, 3.63) is 23.8 Å². The third-order valence-corrected chi connectivity index (χ3v) is 2.07. The Morgan fingerprint density at radius 2 is 2.11 bits per heavy atom. The largest absolute Gasteiger partial charge is 0.411 e. The molecule has 0 spiro atoms. The molecule has 100 valence electrons. The van der Waals surface area contributed by atoms with Crippen molar-refractivity contribution in [2.75, 3.05) is 24.3 Å². The molecule has 0 unspecified atom stereocenters. The number of nitrogens with one attached hydrogen (secondary N) is 1. The summed E-state index contributed by atoms with van der Waals surface area (Å²) < 4.78 is 39.6. The van der Waals surface area contributed by atoms with Gasteiger partial charge in [0.15, 0.2) is 0 Å². The van der Waals surface area contributed by atoms with Crippen molar-refractivity contribution in [3.8, 4) is 0 Å². The van der Waals surface area contributed by atoms with Crippen molar-refractivity contribution in [3.63, 3.8) is 0 Å². The van der Waals surface area contributed by atoms with Crippen LogP contribution < -0.4 is 11.1 Å². The molecule has 0 saturated carbocycles. The number of hydrogen-bond donors (Lipinski definition) is 2. The lowest BCUT2D eigenvalue weighted by Crippen LogP contribution is -2.24. The molecule has 0 bridgehead atoms. The second kappa shape index (κ2) is 5.72. The van der Waals surface area contributed by atoms with Crippen LogP contribution in [0.4, 0.5) is 24.5 Å². The lowest BCUT2D eigenvalue weighted by Gasteiger charge is -2.11. The van der Waals surface area contributed by atoms with Gasteiger partial charge in [-0.1, -0.05) is 12.1 Å². The lowest BCUT2D eigenvalue weighted by atomic mass is 10.1. The number of amides is 1. The molecule has 0 aliphatic rings. The number of benzene rings is 1. The Balaban J connectivity index is 2.50. The number of aryl methyl sites for hydroxylation is 1. The molecule has 0 fully saturated rings. The molecule has 3 N–H and O–H groups in total. The van der Waals surface area contributed by atoms with E-state index in [1.165, 1.54) is 0 Å². The maximum Gasteiger partial charge on any atom is 0.411 e. The second-order valence-corrected chi connectivity index (χ2v) is 3.70. The molecule has 0 atom stereocenters. The number of alkyl halides is 3. The highest BCUT2D eigenvalue weighted by Crippen LogP contribution is 2.22. The third-order valence-electron chi connectivity index (χ3n) is 2.07. The van der Waals surface area contributed by atoms with Crippen molar-refractivity contribution >= 4 is 17.3 Å². The summed E-state index contributed by atoms with van der Waals surface area (Å²) in [4.78, 5) is 11.3. The number of carbonyl (C=O) groups is 1. The molecule has 1 aromatic carbocycles. The topological polar surface area (TPSA) is 64.3 Å². The van der Waals surface area contributed by atoms with Crippen molar-refractivity contribution in [1.82, 2.24) is 0 Å². The smallest absolute Gasteiger partial charge is 0.397 e. The highest BCUT2D eigenvalue weighted by molar-refractivity contribution is 5.95. The highest BCUT2D eigenvalue weighted by Gasteiger charge is 2.27. The van der Waals surface area contributed by atoms with Crippen LogP contribution in [0.3, 0.4) is 0 Å². The van der Waals surface area contributed by atoms with Crippen LogP contribution in [0.25, 0.3) is 0 Å². The summed E-state index contributed by atoms with van der Waals surface area (Å²) in [5.41, 5.74) is 7.09. The summed E-state index contributed by atoms with van der Waals surface area (Å²) in [6.45, 7) is -0.403. The van der Waals surface area contributed by atoms with Crippen molar-refractivity contribution in [2.24, 2.45) is 0 Å². The first-order valence-corrected chi connectivity index (χ1v) is 5.09. The minimum absolute atomic E-state index is 0.346. The molecule has 1 amide bonds. The van der Waals surface area contributed by atoms with Crippen LogP contribution in [-0.2, 0) is 9.53 Å². The normalized spacial score (nSPS) is 11.3. The molecule has 0 heterocycles. The number of nitrogens with two attached hydrogens (primary N) is 1. The zero-order valence-electron chi connectivity index (χ0n) is 9.67. The Labute approximate surface area is 102 Å². The van der Waals surface area contributed by atoms with Crippen molar-refractivity contribution < 1.29 is 22.7 Å². The Kier molecular flexibility index (Phi) is 4.55. The number of carbonyl (C=O) groups excluding carboxylic acids is 1. The van der Waals surface area contributed by atoms with E-state index in [-0.39, 0.29) is 0 Å². The molecule has 1 rings (SSSR count). The van der Waals surface area contributed by atoms with Crippen LogP contribution in [0.15, 0.2) is 18.2 Å². The van der Waals surface area contributed by atoms with Gasteiger partial charge in [-0.2, -0.15) is 13.2 Å². The van der Waals surface area contributed by atoms with Gasteiger partial charge in [-0.05, 0) is 18.6 Å². The van der Waals surface area contributed by atoms with Crippen LogP contribution in [0.2, 0.25) is 0 Å². The first-order valence-electron chi connectivity index (χ1n) is 5.09. The van der Waals surface area contributed by atoms with E-state index >= 15 is 0 Å². The van der Waals surface area contributed by atoms with Gasteiger partial charge in [0.25, 0.3) is 0 Å². The first kappa shape index (κ1) is 14.3. The van der Waals surface area contributed by atoms with Crippen molar-refractivity contribution in [2.45, 2.75) is 13.1 Å². The molecule has 0 saturated heterocycles. The number of halogens is 3. The number of hydrogen-bond acceptors (Lipinski definition) is 3. The van der Waals surface area contributed by atoms with Crippen molar-refractivity contribution in [1.29, 1.82) is 0 Å². The van der Waals surface area contributed by atoms with Gasteiger partial charge in [-0.3, -0.25) is 4.79 Å². The molecule has 7 heteroatoms. The number of para-hydroxylation sites is 1. The zero-order valence-corrected chi connectivity index (χ0v) is 9.67. The Morgan fingerprint density at radius 3 is 2.67 bits per heavy atom. The maximum absolute atomic E-state index is 11.8. The molecule has 0 aliphatic heterocycles. The Morgan fingerprint density at radius 1 is 1.44 bits per heavy atom. The van der Waals surface area contributed by atoms with Gasteiger partial charge in [-0.15, -0.1) is 0 Å². The number of nitrogen functional groups attached to an aromatic ring is 1. The van der Waals surface area contributed by atoms with Crippen LogP contribution in [0.1, 0.15) is 5.56 Å². The minimum atomic E-state index is -4.44. The Bertz CT molecular complexity index is 413. The average Bonchev–Trinajstić information content (AvgIpc) is 2.22. The van der Waals surface area contributed by atoms with Crippen LogP contribution >= 0.6 is 0 Å². The van der Waals surface area contributed by atoms with Gasteiger partial charge in [0, 0.05) is 0 Å². The second-order valence-electron chi connectivity index (χ2n) is 3.70. The molecular weight excluding hydrogens is 249 g/mol. The molecule has 0 radical (unpaired) electrons. The van der Waals surface area contributed by atoms with E-state index in [9.17, 15) is 18.0 Å². The predicted molar refractivity (Wildman–Crippen MR) is 61.1 cm³/mol. The third kappa shape index (κ3) is 4.62. The van der Waals surface area contributed by atoms with Crippen LogP contribution in [0.5, 0.6) is 0 Å². The number of rotatable bonds is 4. The number of ether oxygens (including phenoxy) is 1. The molecule has 18 heavy (non-hydrogen) atoms. The fourth-order valence-electron chi connectivity index (χ4n) is 1.30. The molecule has 0 aromatic heterocycles. The fourth-order valence-corrected chi connectivity index (χ4v) is 1.30. The zero-order chi connectivity index (χ0) is 13.8. The highest BCUT2D eigenvalue weighted by atomic mass is 19.4. The van der Waals surface area contributed by atoms with E-state index < -0.39 is 25.3 Å². The molecule has 1 aromatic rings. The van der Waals surface area contributed by atoms with E-state index in [1.807, 2.05) is 0 Å². The summed E-state index contributed by atoms with van der Waals surface area (Å²) in [7, 11) is 0. The average molecular weight is 262 g/mol. The minimum Gasteiger partial charge on any atom is -0.397 e. The van der Waals surface area contributed by atoms with E-state index in [2.05, 4.69) is 10.1 Å². The van der Waals surface area contributed by atoms with E-state index in [0.29, 0.717) is 11.4 Å². The number of anilines is 2. The van der Waals surface area contributed by atoms with Crippen LogP contribution in [-0.4, -0.2) is 25.3 Å². The molecule has 0 aliphatic carbocycles. The van der Waals surface area contributed by atoms with E-state index in [1.54, 1.807) is 25.1 Å². The quantitative estimate of drug-likeness (QED) is 0.817. The van der Waals surface area contributed by atoms with Gasteiger partial charge in [-0.25, -0.2) is 0 Å². The predicted octanol–water partition coefficient (Wildman–Crippen LogP) is 2.09. The summed E-state index contributed by atoms with van der Waals surface area (Å²) >= 11 is 0. The Hall–Kier alpha value is -1.76.